The Morgan fingerprint density at radius 2 is 2.08 bits per heavy atom. The minimum atomic E-state index is -0.156. The number of aryl methyl sites for hydroxylation is 1. The molecule has 0 saturated carbocycles. The molecule has 0 aliphatic heterocycles. The highest BCUT2D eigenvalue weighted by Crippen LogP contribution is 2.20. The first-order chi connectivity index (χ1) is 12.1. The van der Waals surface area contributed by atoms with Crippen LogP contribution in [0.25, 0.3) is 11.4 Å². The molecule has 0 radical (unpaired) electrons. The van der Waals surface area contributed by atoms with E-state index in [1.54, 1.807) is 24.3 Å². The Labute approximate surface area is 149 Å². The van der Waals surface area contributed by atoms with Crippen molar-refractivity contribution in [1.82, 2.24) is 15.2 Å². The Bertz CT molecular complexity index is 927. The molecular formula is C18H15N5OS. The topological polar surface area (TPSA) is 94.5 Å². The number of carbonyl (C=O) groups excluding carboxylic acids is 1. The molecule has 0 atom stereocenters. The summed E-state index contributed by atoms with van der Waals surface area (Å²) in [7, 11) is 0. The van der Waals surface area contributed by atoms with Gasteiger partial charge in [0.05, 0.1) is 17.4 Å². The van der Waals surface area contributed by atoms with Crippen LogP contribution in [-0.4, -0.2) is 26.8 Å². The first kappa shape index (κ1) is 16.7. The van der Waals surface area contributed by atoms with E-state index in [1.165, 1.54) is 11.8 Å². The number of hydrogen-bond donors (Lipinski definition) is 2. The number of anilines is 1. The molecule has 0 bridgehead atoms. The van der Waals surface area contributed by atoms with E-state index in [9.17, 15) is 4.79 Å². The second kappa shape index (κ2) is 7.64. The van der Waals surface area contributed by atoms with E-state index < -0.39 is 0 Å². The smallest absolute Gasteiger partial charge is 0.234 e. The van der Waals surface area contributed by atoms with Crippen molar-refractivity contribution in [2.75, 3.05) is 11.1 Å². The average molecular weight is 349 g/mol. The lowest BCUT2D eigenvalue weighted by molar-refractivity contribution is -0.113. The molecule has 0 unspecified atom stereocenters. The standard InChI is InChI=1S/C18H15N5OS/c1-12-3-2-4-14(9-12)17-21-18(23-22-17)25-11-16(24)20-15-7-5-13(10-19)6-8-15/h2-9H,11H2,1H3,(H,20,24)(H,21,22,23). The van der Waals surface area contributed by atoms with E-state index in [4.69, 9.17) is 5.26 Å². The van der Waals surface area contributed by atoms with Crippen molar-refractivity contribution in [3.63, 3.8) is 0 Å². The highest BCUT2D eigenvalue weighted by molar-refractivity contribution is 7.99. The van der Waals surface area contributed by atoms with Gasteiger partial charge in [0, 0.05) is 11.3 Å². The molecule has 0 spiro atoms. The van der Waals surface area contributed by atoms with Gasteiger partial charge in [-0.2, -0.15) is 5.26 Å². The second-order valence-electron chi connectivity index (χ2n) is 5.36. The summed E-state index contributed by atoms with van der Waals surface area (Å²) in [5, 5.41) is 19.1. The summed E-state index contributed by atoms with van der Waals surface area (Å²) in [4.78, 5) is 16.4. The SMILES string of the molecule is Cc1cccc(-c2nc(SCC(=O)Nc3ccc(C#N)cc3)n[nH]2)c1. The lowest BCUT2D eigenvalue weighted by atomic mass is 10.1. The number of thioether (sulfide) groups is 1. The number of carbonyl (C=O) groups is 1. The van der Waals surface area contributed by atoms with Crippen molar-refractivity contribution >= 4 is 23.4 Å². The van der Waals surface area contributed by atoms with Gasteiger partial charge in [-0.15, -0.1) is 5.10 Å². The van der Waals surface area contributed by atoms with Gasteiger partial charge in [0.2, 0.25) is 11.1 Å². The monoisotopic (exact) mass is 349 g/mol. The summed E-state index contributed by atoms with van der Waals surface area (Å²) >= 11 is 1.26. The number of benzene rings is 2. The van der Waals surface area contributed by atoms with Crippen molar-refractivity contribution in [3.05, 3.63) is 59.7 Å². The number of aromatic nitrogens is 3. The molecule has 1 heterocycles. The van der Waals surface area contributed by atoms with Crippen molar-refractivity contribution in [3.8, 4) is 17.5 Å². The van der Waals surface area contributed by atoms with E-state index >= 15 is 0 Å². The van der Waals surface area contributed by atoms with Crippen LogP contribution in [0.3, 0.4) is 0 Å². The largest absolute Gasteiger partial charge is 0.325 e. The van der Waals surface area contributed by atoms with Gasteiger partial charge in [0.1, 0.15) is 0 Å². The summed E-state index contributed by atoms with van der Waals surface area (Å²) in [5.74, 6) is 0.723. The normalized spacial score (nSPS) is 10.2. The highest BCUT2D eigenvalue weighted by atomic mass is 32.2. The van der Waals surface area contributed by atoms with Crippen LogP contribution in [0.2, 0.25) is 0 Å². The molecule has 124 valence electrons. The van der Waals surface area contributed by atoms with Gasteiger partial charge in [0.25, 0.3) is 0 Å². The molecule has 0 aliphatic rings. The molecule has 3 aromatic rings. The molecule has 0 saturated heterocycles. The summed E-state index contributed by atoms with van der Waals surface area (Å²) in [6.45, 7) is 2.02. The fourth-order valence-electron chi connectivity index (χ4n) is 2.19. The Hall–Kier alpha value is -3.11. The van der Waals surface area contributed by atoms with Gasteiger partial charge in [-0.25, -0.2) is 4.98 Å². The number of nitrogens with zero attached hydrogens (tertiary/aromatic N) is 3. The summed E-state index contributed by atoms with van der Waals surface area (Å²) in [6.07, 6.45) is 0. The molecule has 0 aliphatic carbocycles. The number of rotatable bonds is 5. The molecule has 1 aromatic heterocycles. The predicted molar refractivity (Wildman–Crippen MR) is 97.1 cm³/mol. The maximum absolute atomic E-state index is 12.0. The quantitative estimate of drug-likeness (QED) is 0.689. The van der Waals surface area contributed by atoms with Gasteiger partial charge in [-0.1, -0.05) is 35.5 Å². The van der Waals surface area contributed by atoms with Crippen LogP contribution in [-0.2, 0) is 4.79 Å². The Kier molecular flexibility index (Phi) is 5.11. The van der Waals surface area contributed by atoms with Crippen molar-refractivity contribution < 1.29 is 4.79 Å². The molecule has 7 heteroatoms. The molecular weight excluding hydrogens is 334 g/mol. The Balaban J connectivity index is 1.56. The van der Waals surface area contributed by atoms with E-state index in [2.05, 4.69) is 20.5 Å². The number of hydrogen-bond acceptors (Lipinski definition) is 5. The van der Waals surface area contributed by atoms with E-state index in [1.807, 2.05) is 37.3 Å². The summed E-state index contributed by atoms with van der Waals surface area (Å²) in [6, 6.07) is 16.7. The van der Waals surface area contributed by atoms with Crippen LogP contribution >= 0.6 is 11.8 Å². The molecule has 2 N–H and O–H groups in total. The lowest BCUT2D eigenvalue weighted by Crippen LogP contribution is -2.14. The molecule has 3 rings (SSSR count). The predicted octanol–water partition coefficient (Wildman–Crippen LogP) is 3.38. The minimum Gasteiger partial charge on any atom is -0.325 e. The molecule has 0 fully saturated rings. The van der Waals surface area contributed by atoms with Crippen LogP contribution in [0.4, 0.5) is 5.69 Å². The van der Waals surface area contributed by atoms with Gasteiger partial charge in [-0.3, -0.25) is 9.89 Å². The van der Waals surface area contributed by atoms with Gasteiger partial charge < -0.3 is 5.32 Å². The number of nitrogens with one attached hydrogen (secondary N) is 2. The minimum absolute atomic E-state index is 0.156. The fraction of sp³-hybridized carbons (Fsp3) is 0.111. The zero-order chi connectivity index (χ0) is 17.6. The third-order valence-corrected chi connectivity index (χ3v) is 4.23. The van der Waals surface area contributed by atoms with Crippen LogP contribution in [0.5, 0.6) is 0 Å². The zero-order valence-corrected chi connectivity index (χ0v) is 14.3. The second-order valence-corrected chi connectivity index (χ2v) is 6.30. The Morgan fingerprint density at radius 1 is 1.28 bits per heavy atom. The number of amides is 1. The first-order valence-corrected chi connectivity index (χ1v) is 8.55. The van der Waals surface area contributed by atoms with E-state index in [0.29, 0.717) is 22.2 Å². The average Bonchev–Trinajstić information content (AvgIpc) is 3.10. The third-order valence-electron chi connectivity index (χ3n) is 3.39. The van der Waals surface area contributed by atoms with Gasteiger partial charge in [0.15, 0.2) is 5.82 Å². The van der Waals surface area contributed by atoms with E-state index in [-0.39, 0.29) is 11.7 Å². The number of aromatic amines is 1. The van der Waals surface area contributed by atoms with Crippen molar-refractivity contribution in [2.24, 2.45) is 0 Å². The molecule has 6 nitrogen and oxygen atoms in total. The lowest BCUT2D eigenvalue weighted by Gasteiger charge is -2.03. The van der Waals surface area contributed by atoms with Crippen LogP contribution in [0.1, 0.15) is 11.1 Å². The highest BCUT2D eigenvalue weighted by Gasteiger charge is 2.09. The maximum atomic E-state index is 12.0. The number of nitriles is 1. The van der Waals surface area contributed by atoms with Crippen molar-refractivity contribution in [1.29, 1.82) is 5.26 Å². The molecule has 2 aromatic carbocycles. The van der Waals surface area contributed by atoms with Crippen LogP contribution in [0.15, 0.2) is 53.7 Å². The fourth-order valence-corrected chi connectivity index (χ4v) is 2.79. The van der Waals surface area contributed by atoms with Gasteiger partial charge >= 0.3 is 0 Å². The maximum Gasteiger partial charge on any atom is 0.234 e. The molecule has 25 heavy (non-hydrogen) atoms. The number of H-pyrrole nitrogens is 1. The Morgan fingerprint density at radius 3 is 2.80 bits per heavy atom. The van der Waals surface area contributed by atoms with Gasteiger partial charge in [-0.05, 0) is 37.3 Å². The van der Waals surface area contributed by atoms with Crippen molar-refractivity contribution in [2.45, 2.75) is 12.1 Å². The molecule has 1 amide bonds. The first-order valence-electron chi connectivity index (χ1n) is 7.56. The zero-order valence-electron chi connectivity index (χ0n) is 13.5. The summed E-state index contributed by atoms with van der Waals surface area (Å²) in [5.41, 5.74) is 3.31. The summed E-state index contributed by atoms with van der Waals surface area (Å²) < 4.78 is 0. The third kappa shape index (κ3) is 4.46. The van der Waals surface area contributed by atoms with Crippen LogP contribution in [0, 0.1) is 18.3 Å². The van der Waals surface area contributed by atoms with Crippen LogP contribution < -0.4 is 5.32 Å². The van der Waals surface area contributed by atoms with E-state index in [0.717, 1.165) is 11.1 Å².